The first-order valence-corrected chi connectivity index (χ1v) is 5.79. The lowest BCUT2D eigenvalue weighted by Gasteiger charge is -2.07. The summed E-state index contributed by atoms with van der Waals surface area (Å²) in [5.41, 5.74) is 2.18. The normalized spacial score (nSPS) is 10.0. The first-order chi connectivity index (χ1) is 8.18. The average molecular weight is 292 g/mol. The molecular weight excluding hydrogens is 282 g/mol. The van der Waals surface area contributed by atoms with Gasteiger partial charge in [0.25, 0.3) is 5.91 Å². The Morgan fingerprint density at radius 3 is 2.71 bits per heavy atom. The first-order valence-electron chi connectivity index (χ1n) is 5.00. The van der Waals surface area contributed by atoms with Gasteiger partial charge in [-0.1, -0.05) is 12.1 Å². The summed E-state index contributed by atoms with van der Waals surface area (Å²) in [7, 11) is 0. The summed E-state index contributed by atoms with van der Waals surface area (Å²) in [6.45, 7) is 1.94. The number of anilines is 1. The van der Waals surface area contributed by atoms with Gasteiger partial charge in [0, 0.05) is 4.47 Å². The highest BCUT2D eigenvalue weighted by atomic mass is 79.9. The fourth-order valence-electron chi connectivity index (χ4n) is 1.38. The minimum absolute atomic E-state index is 0.185. The molecule has 0 fully saturated rings. The Balaban J connectivity index is 2.24. The SMILES string of the molecule is Cc1cccc(C(=O)Nc2cncnc2)c1Br. The van der Waals surface area contributed by atoms with Gasteiger partial charge in [0.05, 0.1) is 23.6 Å². The van der Waals surface area contributed by atoms with E-state index in [0.29, 0.717) is 11.3 Å². The van der Waals surface area contributed by atoms with Crippen molar-refractivity contribution in [3.63, 3.8) is 0 Å². The maximum atomic E-state index is 12.0. The average Bonchev–Trinajstić information content (AvgIpc) is 2.34. The van der Waals surface area contributed by atoms with Gasteiger partial charge in [0.1, 0.15) is 6.33 Å². The number of carbonyl (C=O) groups is 1. The number of aryl methyl sites for hydroxylation is 1. The van der Waals surface area contributed by atoms with Crippen molar-refractivity contribution >= 4 is 27.5 Å². The second kappa shape index (κ2) is 5.05. The minimum atomic E-state index is -0.185. The van der Waals surface area contributed by atoms with Crippen molar-refractivity contribution in [2.45, 2.75) is 6.92 Å². The molecule has 1 aromatic heterocycles. The van der Waals surface area contributed by atoms with E-state index < -0.39 is 0 Å². The molecule has 0 aliphatic rings. The number of aromatic nitrogens is 2. The smallest absolute Gasteiger partial charge is 0.256 e. The van der Waals surface area contributed by atoms with Crippen molar-refractivity contribution in [2.24, 2.45) is 0 Å². The lowest BCUT2D eigenvalue weighted by molar-refractivity contribution is 0.102. The number of hydrogen-bond acceptors (Lipinski definition) is 3. The third-order valence-corrected chi connectivity index (χ3v) is 3.31. The van der Waals surface area contributed by atoms with Gasteiger partial charge in [0.2, 0.25) is 0 Å². The highest BCUT2D eigenvalue weighted by Gasteiger charge is 2.11. The Bertz CT molecular complexity index is 543. The zero-order valence-electron chi connectivity index (χ0n) is 9.14. The maximum absolute atomic E-state index is 12.0. The van der Waals surface area contributed by atoms with E-state index in [1.165, 1.54) is 6.33 Å². The predicted octanol–water partition coefficient (Wildman–Crippen LogP) is 2.80. The number of carbonyl (C=O) groups excluding carboxylic acids is 1. The van der Waals surface area contributed by atoms with Crippen LogP contribution in [0.4, 0.5) is 5.69 Å². The molecule has 0 radical (unpaired) electrons. The topological polar surface area (TPSA) is 54.9 Å². The number of amides is 1. The van der Waals surface area contributed by atoms with Gasteiger partial charge >= 0.3 is 0 Å². The van der Waals surface area contributed by atoms with E-state index in [9.17, 15) is 4.79 Å². The van der Waals surface area contributed by atoms with Crippen LogP contribution >= 0.6 is 15.9 Å². The van der Waals surface area contributed by atoms with Crippen molar-refractivity contribution in [1.82, 2.24) is 9.97 Å². The molecule has 1 amide bonds. The fourth-order valence-corrected chi connectivity index (χ4v) is 1.83. The van der Waals surface area contributed by atoms with Gasteiger partial charge < -0.3 is 5.32 Å². The molecule has 2 aromatic rings. The molecule has 0 spiro atoms. The maximum Gasteiger partial charge on any atom is 0.256 e. The Morgan fingerprint density at radius 2 is 2.00 bits per heavy atom. The van der Waals surface area contributed by atoms with Crippen LogP contribution in [0.3, 0.4) is 0 Å². The molecule has 0 bridgehead atoms. The van der Waals surface area contributed by atoms with Crippen LogP contribution in [0, 0.1) is 6.92 Å². The highest BCUT2D eigenvalue weighted by Crippen LogP contribution is 2.21. The van der Waals surface area contributed by atoms with Gasteiger partial charge in [-0.15, -0.1) is 0 Å². The fraction of sp³-hybridized carbons (Fsp3) is 0.0833. The summed E-state index contributed by atoms with van der Waals surface area (Å²) in [6, 6.07) is 5.54. The van der Waals surface area contributed by atoms with E-state index in [1.807, 2.05) is 19.1 Å². The van der Waals surface area contributed by atoms with Crippen molar-refractivity contribution in [3.05, 3.63) is 52.5 Å². The Labute approximate surface area is 107 Å². The first kappa shape index (κ1) is 11.7. The van der Waals surface area contributed by atoms with Crippen molar-refractivity contribution in [1.29, 1.82) is 0 Å². The standard InChI is InChI=1S/C12H10BrN3O/c1-8-3-2-4-10(11(8)13)12(17)16-9-5-14-7-15-6-9/h2-7H,1H3,(H,16,17). The van der Waals surface area contributed by atoms with E-state index in [-0.39, 0.29) is 5.91 Å². The largest absolute Gasteiger partial charge is 0.319 e. The van der Waals surface area contributed by atoms with Crippen molar-refractivity contribution in [3.8, 4) is 0 Å². The second-order valence-corrected chi connectivity index (χ2v) is 4.31. The van der Waals surface area contributed by atoms with E-state index in [2.05, 4.69) is 31.2 Å². The van der Waals surface area contributed by atoms with E-state index in [4.69, 9.17) is 0 Å². The number of benzene rings is 1. The van der Waals surface area contributed by atoms with Crippen molar-refractivity contribution < 1.29 is 4.79 Å². The number of hydrogen-bond donors (Lipinski definition) is 1. The molecule has 0 saturated carbocycles. The lowest BCUT2D eigenvalue weighted by Crippen LogP contribution is -2.13. The molecule has 1 N–H and O–H groups in total. The summed E-state index contributed by atoms with van der Waals surface area (Å²) in [4.78, 5) is 19.7. The van der Waals surface area contributed by atoms with Gasteiger partial charge in [-0.3, -0.25) is 4.79 Å². The quantitative estimate of drug-likeness (QED) is 0.926. The van der Waals surface area contributed by atoms with Crippen LogP contribution in [-0.4, -0.2) is 15.9 Å². The molecular formula is C12H10BrN3O. The zero-order chi connectivity index (χ0) is 12.3. The van der Waals surface area contributed by atoms with E-state index in [0.717, 1.165) is 10.0 Å². The summed E-state index contributed by atoms with van der Waals surface area (Å²) in [6.07, 6.45) is 4.52. The molecule has 0 unspecified atom stereocenters. The molecule has 17 heavy (non-hydrogen) atoms. The van der Waals surface area contributed by atoms with Crippen LogP contribution < -0.4 is 5.32 Å². The molecule has 2 rings (SSSR count). The molecule has 1 heterocycles. The third-order valence-electron chi connectivity index (χ3n) is 2.25. The monoisotopic (exact) mass is 291 g/mol. The summed E-state index contributed by atoms with van der Waals surface area (Å²) >= 11 is 3.40. The van der Waals surface area contributed by atoms with Gasteiger partial charge in [-0.2, -0.15) is 0 Å². The van der Waals surface area contributed by atoms with E-state index >= 15 is 0 Å². The minimum Gasteiger partial charge on any atom is -0.319 e. The Morgan fingerprint density at radius 1 is 1.29 bits per heavy atom. The molecule has 1 aromatic carbocycles. The summed E-state index contributed by atoms with van der Waals surface area (Å²) < 4.78 is 0.800. The van der Waals surface area contributed by atoms with Gasteiger partial charge in [-0.05, 0) is 34.5 Å². The Hall–Kier alpha value is -1.75. The molecule has 0 saturated heterocycles. The molecule has 0 aliphatic heterocycles. The predicted molar refractivity (Wildman–Crippen MR) is 68.9 cm³/mol. The van der Waals surface area contributed by atoms with Gasteiger partial charge in [0.15, 0.2) is 0 Å². The van der Waals surface area contributed by atoms with Crippen LogP contribution in [0.1, 0.15) is 15.9 Å². The number of nitrogens with zero attached hydrogens (tertiary/aromatic N) is 2. The van der Waals surface area contributed by atoms with Gasteiger partial charge in [-0.25, -0.2) is 9.97 Å². The lowest BCUT2D eigenvalue weighted by atomic mass is 10.1. The van der Waals surface area contributed by atoms with Crippen LogP contribution in [0.25, 0.3) is 0 Å². The van der Waals surface area contributed by atoms with Crippen LogP contribution in [0.15, 0.2) is 41.4 Å². The van der Waals surface area contributed by atoms with Crippen LogP contribution in [0.5, 0.6) is 0 Å². The summed E-state index contributed by atoms with van der Waals surface area (Å²) in [5.74, 6) is -0.185. The van der Waals surface area contributed by atoms with E-state index in [1.54, 1.807) is 18.5 Å². The molecule has 86 valence electrons. The molecule has 0 atom stereocenters. The Kier molecular flexibility index (Phi) is 3.49. The number of halogens is 1. The van der Waals surface area contributed by atoms with Crippen LogP contribution in [0.2, 0.25) is 0 Å². The number of nitrogens with one attached hydrogen (secondary N) is 1. The second-order valence-electron chi connectivity index (χ2n) is 3.52. The zero-order valence-corrected chi connectivity index (χ0v) is 10.7. The molecule has 4 nitrogen and oxygen atoms in total. The molecule has 0 aliphatic carbocycles. The molecule has 5 heteroatoms. The summed E-state index contributed by atoms with van der Waals surface area (Å²) in [5, 5.41) is 2.73. The number of rotatable bonds is 2. The third kappa shape index (κ3) is 2.68. The highest BCUT2D eigenvalue weighted by molar-refractivity contribution is 9.10. The van der Waals surface area contributed by atoms with Crippen LogP contribution in [-0.2, 0) is 0 Å². The van der Waals surface area contributed by atoms with Crippen molar-refractivity contribution in [2.75, 3.05) is 5.32 Å².